The maximum atomic E-state index is 11.7. The minimum Gasteiger partial charge on any atom is -0.387 e. The molecular weight excluding hydrogens is 192 g/mol. The highest BCUT2D eigenvalue weighted by Crippen LogP contribution is 2.35. The number of piperidine rings is 1. The summed E-state index contributed by atoms with van der Waals surface area (Å²) in [5.41, 5.74) is 0.0345. The molecule has 2 rings (SSSR count). The molecule has 2 saturated heterocycles. The molecule has 1 spiro atoms. The molecule has 2 fully saturated rings. The van der Waals surface area contributed by atoms with Gasteiger partial charge in [-0.05, 0) is 32.7 Å². The SMILES string of the molecule is CN1CCC2(CCCCN2C(=O)CO)C1. The number of carbonyl (C=O) groups is 1. The second-order valence-corrected chi connectivity index (χ2v) is 4.87. The quantitative estimate of drug-likeness (QED) is 0.668. The van der Waals surface area contributed by atoms with Crippen molar-refractivity contribution in [3.8, 4) is 0 Å². The van der Waals surface area contributed by atoms with E-state index in [-0.39, 0.29) is 18.1 Å². The highest BCUT2D eigenvalue weighted by atomic mass is 16.3. The summed E-state index contributed by atoms with van der Waals surface area (Å²) in [4.78, 5) is 15.9. The minimum atomic E-state index is -0.342. The van der Waals surface area contributed by atoms with Crippen LogP contribution in [0.5, 0.6) is 0 Å². The lowest BCUT2D eigenvalue weighted by Gasteiger charge is -2.44. The van der Waals surface area contributed by atoms with Crippen molar-refractivity contribution in [3.63, 3.8) is 0 Å². The number of aliphatic hydroxyl groups is 1. The van der Waals surface area contributed by atoms with Gasteiger partial charge < -0.3 is 14.9 Å². The van der Waals surface area contributed by atoms with Crippen LogP contribution in [0.25, 0.3) is 0 Å². The summed E-state index contributed by atoms with van der Waals surface area (Å²) in [6, 6.07) is 0. The Morgan fingerprint density at radius 1 is 1.33 bits per heavy atom. The number of rotatable bonds is 1. The number of nitrogens with zero attached hydrogens (tertiary/aromatic N) is 2. The van der Waals surface area contributed by atoms with Gasteiger partial charge in [-0.25, -0.2) is 0 Å². The first-order valence-electron chi connectivity index (χ1n) is 5.78. The molecule has 0 saturated carbocycles. The second-order valence-electron chi connectivity index (χ2n) is 4.87. The Bertz CT molecular complexity index is 253. The van der Waals surface area contributed by atoms with Crippen LogP contribution in [0.4, 0.5) is 0 Å². The average molecular weight is 212 g/mol. The van der Waals surface area contributed by atoms with Gasteiger partial charge in [0.25, 0.3) is 0 Å². The van der Waals surface area contributed by atoms with Crippen molar-refractivity contribution in [2.75, 3.05) is 33.3 Å². The highest BCUT2D eigenvalue weighted by Gasteiger charge is 2.44. The number of hydrogen-bond donors (Lipinski definition) is 1. The Balaban J connectivity index is 2.15. The molecule has 86 valence electrons. The number of likely N-dealkylation sites (N-methyl/N-ethyl adjacent to an activating group) is 1. The standard InChI is InChI=1S/C11H20N2O2/c1-12-7-5-11(9-12)4-2-3-6-13(11)10(15)8-14/h14H,2-9H2,1H3. The van der Waals surface area contributed by atoms with E-state index in [1.54, 1.807) is 0 Å². The molecule has 0 bridgehead atoms. The highest BCUT2D eigenvalue weighted by molar-refractivity contribution is 5.78. The van der Waals surface area contributed by atoms with E-state index < -0.39 is 0 Å². The summed E-state index contributed by atoms with van der Waals surface area (Å²) >= 11 is 0. The van der Waals surface area contributed by atoms with Gasteiger partial charge in [0.05, 0.1) is 5.54 Å². The van der Waals surface area contributed by atoms with Crippen LogP contribution in [-0.2, 0) is 4.79 Å². The van der Waals surface area contributed by atoms with E-state index in [4.69, 9.17) is 5.11 Å². The van der Waals surface area contributed by atoms with Crippen molar-refractivity contribution in [1.29, 1.82) is 0 Å². The maximum absolute atomic E-state index is 11.7. The fourth-order valence-electron chi connectivity index (χ4n) is 3.05. The first-order chi connectivity index (χ1) is 7.18. The molecule has 0 aromatic heterocycles. The lowest BCUT2D eigenvalue weighted by Crippen LogP contribution is -2.56. The molecule has 2 aliphatic heterocycles. The average Bonchev–Trinajstić information content (AvgIpc) is 2.60. The third-order valence-electron chi connectivity index (χ3n) is 3.81. The van der Waals surface area contributed by atoms with Gasteiger partial charge in [-0.15, -0.1) is 0 Å². The summed E-state index contributed by atoms with van der Waals surface area (Å²) in [6.45, 7) is 2.52. The number of carbonyl (C=O) groups excluding carboxylic acids is 1. The largest absolute Gasteiger partial charge is 0.387 e. The first-order valence-corrected chi connectivity index (χ1v) is 5.78. The van der Waals surface area contributed by atoms with Crippen molar-refractivity contribution >= 4 is 5.91 Å². The van der Waals surface area contributed by atoms with E-state index in [0.29, 0.717) is 0 Å². The van der Waals surface area contributed by atoms with Crippen LogP contribution in [0.2, 0.25) is 0 Å². The predicted molar refractivity (Wildman–Crippen MR) is 57.5 cm³/mol. The van der Waals surface area contributed by atoms with Crippen molar-refractivity contribution in [1.82, 2.24) is 9.80 Å². The Kier molecular flexibility index (Phi) is 2.98. The van der Waals surface area contributed by atoms with Gasteiger partial charge in [-0.2, -0.15) is 0 Å². The normalized spacial score (nSPS) is 32.5. The van der Waals surface area contributed by atoms with Crippen LogP contribution in [0, 0.1) is 0 Å². The topological polar surface area (TPSA) is 43.8 Å². The lowest BCUT2D eigenvalue weighted by atomic mass is 9.85. The molecule has 1 atom stereocenters. The molecule has 0 aromatic rings. The van der Waals surface area contributed by atoms with E-state index in [2.05, 4.69) is 11.9 Å². The molecule has 4 nitrogen and oxygen atoms in total. The van der Waals surface area contributed by atoms with E-state index in [1.165, 1.54) is 6.42 Å². The van der Waals surface area contributed by atoms with Crippen molar-refractivity contribution in [3.05, 3.63) is 0 Å². The van der Waals surface area contributed by atoms with Gasteiger partial charge in [-0.3, -0.25) is 4.79 Å². The predicted octanol–water partition coefficient (Wildman–Crippen LogP) is 0.0655. The Hall–Kier alpha value is -0.610. The van der Waals surface area contributed by atoms with E-state index in [9.17, 15) is 4.79 Å². The van der Waals surface area contributed by atoms with Gasteiger partial charge in [0, 0.05) is 19.6 Å². The van der Waals surface area contributed by atoms with E-state index >= 15 is 0 Å². The minimum absolute atomic E-state index is 0.0345. The number of aliphatic hydroxyl groups excluding tert-OH is 1. The monoisotopic (exact) mass is 212 g/mol. The summed E-state index contributed by atoms with van der Waals surface area (Å²) in [5.74, 6) is -0.0926. The Labute approximate surface area is 90.9 Å². The fraction of sp³-hybridized carbons (Fsp3) is 0.909. The van der Waals surface area contributed by atoms with Crippen molar-refractivity contribution in [2.45, 2.75) is 31.2 Å². The van der Waals surface area contributed by atoms with E-state index in [0.717, 1.165) is 38.9 Å². The van der Waals surface area contributed by atoms with Crippen LogP contribution in [0.15, 0.2) is 0 Å². The number of hydrogen-bond acceptors (Lipinski definition) is 3. The molecule has 1 amide bonds. The molecule has 2 heterocycles. The van der Waals surface area contributed by atoms with Crippen molar-refractivity contribution in [2.24, 2.45) is 0 Å². The number of amides is 1. The van der Waals surface area contributed by atoms with Crippen LogP contribution in [-0.4, -0.2) is 59.6 Å². The van der Waals surface area contributed by atoms with Crippen LogP contribution >= 0.6 is 0 Å². The summed E-state index contributed by atoms with van der Waals surface area (Å²) in [6.07, 6.45) is 4.46. The Morgan fingerprint density at radius 2 is 2.13 bits per heavy atom. The van der Waals surface area contributed by atoms with Gasteiger partial charge in [-0.1, -0.05) is 0 Å². The smallest absolute Gasteiger partial charge is 0.248 e. The lowest BCUT2D eigenvalue weighted by molar-refractivity contribution is -0.142. The zero-order chi connectivity index (χ0) is 10.9. The molecule has 0 aliphatic carbocycles. The zero-order valence-corrected chi connectivity index (χ0v) is 9.41. The molecule has 0 radical (unpaired) electrons. The van der Waals surface area contributed by atoms with Gasteiger partial charge in [0.1, 0.15) is 6.61 Å². The fourth-order valence-corrected chi connectivity index (χ4v) is 3.05. The summed E-state index contributed by atoms with van der Waals surface area (Å²) in [5, 5.41) is 8.99. The van der Waals surface area contributed by atoms with E-state index in [1.807, 2.05) is 4.90 Å². The summed E-state index contributed by atoms with van der Waals surface area (Å²) < 4.78 is 0. The third kappa shape index (κ3) is 1.88. The van der Waals surface area contributed by atoms with Crippen LogP contribution in [0.1, 0.15) is 25.7 Å². The van der Waals surface area contributed by atoms with Crippen LogP contribution < -0.4 is 0 Å². The molecule has 2 aliphatic rings. The molecular formula is C11H20N2O2. The molecule has 1 unspecified atom stereocenters. The number of likely N-dealkylation sites (tertiary alicyclic amines) is 2. The van der Waals surface area contributed by atoms with Crippen LogP contribution in [0.3, 0.4) is 0 Å². The summed E-state index contributed by atoms with van der Waals surface area (Å²) in [7, 11) is 2.10. The molecule has 4 heteroatoms. The van der Waals surface area contributed by atoms with Crippen molar-refractivity contribution < 1.29 is 9.90 Å². The molecule has 1 N–H and O–H groups in total. The Morgan fingerprint density at radius 3 is 2.73 bits per heavy atom. The second kappa shape index (κ2) is 4.10. The zero-order valence-electron chi connectivity index (χ0n) is 9.41. The van der Waals surface area contributed by atoms with Gasteiger partial charge in [0.2, 0.25) is 5.91 Å². The molecule has 15 heavy (non-hydrogen) atoms. The van der Waals surface area contributed by atoms with Gasteiger partial charge >= 0.3 is 0 Å². The first kappa shape index (κ1) is 10.9. The maximum Gasteiger partial charge on any atom is 0.248 e. The molecule has 0 aromatic carbocycles. The third-order valence-corrected chi connectivity index (χ3v) is 3.81. The van der Waals surface area contributed by atoms with Gasteiger partial charge in [0.15, 0.2) is 0 Å².